The molecule has 3 heteroatoms. The number of hydrogen-bond donors (Lipinski definition) is 1. The molecule has 106 valence electrons. The van der Waals surface area contributed by atoms with Gasteiger partial charge in [-0.25, -0.2) is 0 Å². The van der Waals surface area contributed by atoms with Crippen LogP contribution in [0, 0.1) is 0 Å². The van der Waals surface area contributed by atoms with E-state index in [-0.39, 0.29) is 0 Å². The fourth-order valence-electron chi connectivity index (χ4n) is 2.49. The lowest BCUT2D eigenvalue weighted by Crippen LogP contribution is -2.53. The largest absolute Gasteiger partial charge is 0.374 e. The average Bonchev–Trinajstić information content (AvgIpc) is 2.34. The van der Waals surface area contributed by atoms with Crippen LogP contribution in [-0.4, -0.2) is 49.3 Å². The van der Waals surface area contributed by atoms with Crippen molar-refractivity contribution >= 4 is 0 Å². The number of nitrogens with zero attached hydrogens (tertiary/aromatic N) is 1. The van der Waals surface area contributed by atoms with Gasteiger partial charge in [-0.3, -0.25) is 4.90 Å². The highest BCUT2D eigenvalue weighted by molar-refractivity contribution is 4.92. The maximum Gasteiger partial charge on any atom is 0.0855 e. The van der Waals surface area contributed by atoms with Crippen molar-refractivity contribution in [1.82, 2.24) is 10.2 Å². The van der Waals surface area contributed by atoms with E-state index in [0.717, 1.165) is 39.1 Å². The summed E-state index contributed by atoms with van der Waals surface area (Å²) in [4.78, 5) is 2.51. The van der Waals surface area contributed by atoms with Gasteiger partial charge in [0.1, 0.15) is 0 Å². The number of likely N-dealkylation sites (N-methyl/N-ethyl adjacent to an activating group) is 1. The van der Waals surface area contributed by atoms with E-state index in [1.165, 1.54) is 5.57 Å². The van der Waals surface area contributed by atoms with Crippen LogP contribution in [-0.2, 0) is 4.74 Å². The standard InChI is InChI=1S/C15H30N2O/c1-6-16-14(8-7-12(2)3)15-11-17(13(4)5)9-10-18-15/h13-16H,2,6-11H2,1,3-5H3. The molecule has 1 fully saturated rings. The molecule has 0 spiro atoms. The highest BCUT2D eigenvalue weighted by Crippen LogP contribution is 2.16. The monoisotopic (exact) mass is 254 g/mol. The molecule has 2 atom stereocenters. The molecule has 1 saturated heterocycles. The van der Waals surface area contributed by atoms with Crippen molar-refractivity contribution in [3.8, 4) is 0 Å². The second-order valence-corrected chi connectivity index (χ2v) is 5.66. The minimum Gasteiger partial charge on any atom is -0.374 e. The van der Waals surface area contributed by atoms with Crippen LogP contribution < -0.4 is 5.32 Å². The Kier molecular flexibility index (Phi) is 6.90. The zero-order valence-corrected chi connectivity index (χ0v) is 12.5. The van der Waals surface area contributed by atoms with Crippen LogP contribution in [0.25, 0.3) is 0 Å². The molecule has 0 aromatic carbocycles. The third-order valence-corrected chi connectivity index (χ3v) is 3.65. The van der Waals surface area contributed by atoms with E-state index < -0.39 is 0 Å². The van der Waals surface area contributed by atoms with Gasteiger partial charge in [0.15, 0.2) is 0 Å². The van der Waals surface area contributed by atoms with E-state index in [1.54, 1.807) is 0 Å². The SMILES string of the molecule is C=C(C)CCC(NCC)C1CN(C(C)C)CCO1. The molecule has 0 radical (unpaired) electrons. The maximum atomic E-state index is 5.97. The third-order valence-electron chi connectivity index (χ3n) is 3.65. The predicted octanol–water partition coefficient (Wildman–Crippen LogP) is 2.43. The summed E-state index contributed by atoms with van der Waals surface area (Å²) >= 11 is 0. The Morgan fingerprint density at radius 2 is 2.22 bits per heavy atom. The first-order chi connectivity index (χ1) is 8.54. The first-order valence-electron chi connectivity index (χ1n) is 7.28. The van der Waals surface area contributed by atoms with Gasteiger partial charge in [0.2, 0.25) is 0 Å². The minimum atomic E-state index is 0.320. The van der Waals surface area contributed by atoms with Crippen LogP contribution in [0.3, 0.4) is 0 Å². The van der Waals surface area contributed by atoms with E-state index in [1.807, 2.05) is 0 Å². The lowest BCUT2D eigenvalue weighted by Gasteiger charge is -2.39. The van der Waals surface area contributed by atoms with Crippen LogP contribution in [0.2, 0.25) is 0 Å². The second kappa shape index (κ2) is 7.93. The first kappa shape index (κ1) is 15.7. The summed E-state index contributed by atoms with van der Waals surface area (Å²) in [5, 5.41) is 3.57. The van der Waals surface area contributed by atoms with Crippen molar-refractivity contribution in [1.29, 1.82) is 0 Å². The molecular formula is C15H30N2O. The minimum absolute atomic E-state index is 0.320. The van der Waals surface area contributed by atoms with Gasteiger partial charge < -0.3 is 10.1 Å². The number of rotatable bonds is 7. The van der Waals surface area contributed by atoms with Gasteiger partial charge in [-0.15, -0.1) is 6.58 Å². The number of nitrogens with one attached hydrogen (secondary N) is 1. The maximum absolute atomic E-state index is 5.97. The van der Waals surface area contributed by atoms with Gasteiger partial charge >= 0.3 is 0 Å². The van der Waals surface area contributed by atoms with Gasteiger partial charge in [-0.2, -0.15) is 0 Å². The van der Waals surface area contributed by atoms with Crippen molar-refractivity contribution in [2.24, 2.45) is 0 Å². The number of ether oxygens (including phenoxy) is 1. The van der Waals surface area contributed by atoms with Crippen LogP contribution in [0.15, 0.2) is 12.2 Å². The zero-order valence-electron chi connectivity index (χ0n) is 12.5. The third kappa shape index (κ3) is 5.09. The summed E-state index contributed by atoms with van der Waals surface area (Å²) in [6.45, 7) is 16.8. The summed E-state index contributed by atoms with van der Waals surface area (Å²) in [6, 6.07) is 1.06. The van der Waals surface area contributed by atoms with Crippen molar-refractivity contribution in [2.45, 2.75) is 58.7 Å². The molecule has 1 rings (SSSR count). The predicted molar refractivity (Wildman–Crippen MR) is 78.0 cm³/mol. The summed E-state index contributed by atoms with van der Waals surface area (Å²) in [7, 11) is 0. The Hall–Kier alpha value is -0.380. The summed E-state index contributed by atoms with van der Waals surface area (Å²) < 4.78 is 5.97. The Morgan fingerprint density at radius 1 is 1.50 bits per heavy atom. The Morgan fingerprint density at radius 3 is 2.78 bits per heavy atom. The molecule has 3 nitrogen and oxygen atoms in total. The van der Waals surface area contributed by atoms with E-state index in [2.05, 4.69) is 44.5 Å². The van der Waals surface area contributed by atoms with E-state index in [9.17, 15) is 0 Å². The molecule has 1 aliphatic heterocycles. The summed E-state index contributed by atoms with van der Waals surface area (Å²) in [5.74, 6) is 0. The smallest absolute Gasteiger partial charge is 0.0855 e. The molecule has 1 aliphatic rings. The number of morpholine rings is 1. The van der Waals surface area contributed by atoms with E-state index >= 15 is 0 Å². The highest BCUT2D eigenvalue weighted by Gasteiger charge is 2.28. The van der Waals surface area contributed by atoms with E-state index in [0.29, 0.717) is 18.2 Å². The summed E-state index contributed by atoms with van der Waals surface area (Å²) in [6.07, 6.45) is 2.53. The first-order valence-corrected chi connectivity index (χ1v) is 7.28. The van der Waals surface area contributed by atoms with Crippen molar-refractivity contribution in [3.63, 3.8) is 0 Å². The molecule has 2 unspecified atom stereocenters. The van der Waals surface area contributed by atoms with E-state index in [4.69, 9.17) is 4.74 Å². The molecule has 1 N–H and O–H groups in total. The molecule has 0 aromatic heterocycles. The lowest BCUT2D eigenvalue weighted by molar-refractivity contribution is -0.0562. The van der Waals surface area contributed by atoms with Crippen LogP contribution >= 0.6 is 0 Å². The Labute approximate surface area is 113 Å². The molecule has 0 aromatic rings. The van der Waals surface area contributed by atoms with Gasteiger partial charge in [0.25, 0.3) is 0 Å². The molecule has 1 heterocycles. The fourth-order valence-corrected chi connectivity index (χ4v) is 2.49. The van der Waals surface area contributed by atoms with Gasteiger partial charge in [0, 0.05) is 25.2 Å². The number of hydrogen-bond acceptors (Lipinski definition) is 3. The Balaban J connectivity index is 2.52. The second-order valence-electron chi connectivity index (χ2n) is 5.66. The van der Waals surface area contributed by atoms with Gasteiger partial charge in [0.05, 0.1) is 12.7 Å². The van der Waals surface area contributed by atoms with Gasteiger partial charge in [-0.1, -0.05) is 12.5 Å². The molecule has 18 heavy (non-hydrogen) atoms. The van der Waals surface area contributed by atoms with Crippen molar-refractivity contribution < 1.29 is 4.74 Å². The van der Waals surface area contributed by atoms with Crippen molar-refractivity contribution in [3.05, 3.63) is 12.2 Å². The molecule has 0 bridgehead atoms. The highest BCUT2D eigenvalue weighted by atomic mass is 16.5. The fraction of sp³-hybridized carbons (Fsp3) is 0.867. The quantitative estimate of drug-likeness (QED) is 0.706. The normalized spacial score (nSPS) is 23.3. The lowest BCUT2D eigenvalue weighted by atomic mass is 10.0. The zero-order chi connectivity index (χ0) is 13.5. The molecular weight excluding hydrogens is 224 g/mol. The topological polar surface area (TPSA) is 24.5 Å². The van der Waals surface area contributed by atoms with Crippen molar-refractivity contribution in [2.75, 3.05) is 26.2 Å². The van der Waals surface area contributed by atoms with Crippen LogP contribution in [0.1, 0.15) is 40.5 Å². The van der Waals surface area contributed by atoms with Crippen LogP contribution in [0.4, 0.5) is 0 Å². The summed E-state index contributed by atoms with van der Waals surface area (Å²) in [5.41, 5.74) is 1.26. The van der Waals surface area contributed by atoms with Crippen LogP contribution in [0.5, 0.6) is 0 Å². The molecule has 0 saturated carbocycles. The average molecular weight is 254 g/mol. The number of allylic oxidation sites excluding steroid dienone is 1. The molecule has 0 amide bonds. The Bertz CT molecular complexity index is 253. The van der Waals surface area contributed by atoms with Gasteiger partial charge in [-0.05, 0) is 40.2 Å². The molecule has 0 aliphatic carbocycles.